The molecule has 3 heterocycles. The lowest BCUT2D eigenvalue weighted by atomic mass is 10.3. The Hall–Kier alpha value is -1.62. The largest absolute Gasteiger partial charge is 0.353 e. The van der Waals surface area contributed by atoms with Gasteiger partial charge in [0.2, 0.25) is 0 Å². The Morgan fingerprint density at radius 1 is 1.17 bits per heavy atom. The van der Waals surface area contributed by atoms with Crippen molar-refractivity contribution in [1.29, 1.82) is 0 Å². The molecule has 0 bridgehead atoms. The summed E-state index contributed by atoms with van der Waals surface area (Å²) in [5, 5.41) is 8.04. The first-order valence-corrected chi connectivity index (χ1v) is 6.72. The van der Waals surface area contributed by atoms with Gasteiger partial charge in [0.25, 0.3) is 0 Å². The van der Waals surface area contributed by atoms with E-state index in [4.69, 9.17) is 0 Å². The van der Waals surface area contributed by atoms with Crippen molar-refractivity contribution in [1.82, 2.24) is 19.9 Å². The molecule has 5 heteroatoms. The van der Waals surface area contributed by atoms with Crippen LogP contribution in [-0.4, -0.2) is 40.8 Å². The van der Waals surface area contributed by atoms with Gasteiger partial charge in [0.05, 0.1) is 11.9 Å². The van der Waals surface area contributed by atoms with Gasteiger partial charge in [-0.25, -0.2) is 9.50 Å². The normalized spacial score (nSPS) is 20.6. The molecule has 2 aromatic heterocycles. The monoisotopic (exact) mass is 243 g/mol. The van der Waals surface area contributed by atoms with Crippen molar-refractivity contribution in [3.8, 4) is 0 Å². The number of nitrogens with one attached hydrogen (secondary N) is 1. The van der Waals surface area contributed by atoms with E-state index in [0.29, 0.717) is 5.92 Å². The fourth-order valence-corrected chi connectivity index (χ4v) is 2.53. The molecule has 94 valence electrons. The van der Waals surface area contributed by atoms with Crippen LogP contribution in [0.5, 0.6) is 0 Å². The molecular formula is C13H17N5. The first kappa shape index (κ1) is 10.3. The molecule has 1 saturated carbocycles. The molecule has 18 heavy (non-hydrogen) atoms. The summed E-state index contributed by atoms with van der Waals surface area (Å²) in [6, 6.07) is 4.17. The van der Waals surface area contributed by atoms with E-state index in [9.17, 15) is 0 Å². The molecule has 0 atom stereocenters. The number of aromatic nitrogens is 3. The highest BCUT2D eigenvalue weighted by Gasteiger charge is 2.26. The van der Waals surface area contributed by atoms with Crippen LogP contribution >= 0.6 is 0 Å². The highest BCUT2D eigenvalue weighted by atomic mass is 15.3. The van der Waals surface area contributed by atoms with Gasteiger partial charge < -0.3 is 10.2 Å². The maximum atomic E-state index is 4.68. The lowest BCUT2D eigenvalue weighted by Crippen LogP contribution is -2.44. The second-order valence-corrected chi connectivity index (χ2v) is 5.17. The third-order valence-electron chi connectivity index (χ3n) is 3.76. The predicted octanol–water partition coefficient (Wildman–Crippen LogP) is 1.02. The number of imidazole rings is 1. The van der Waals surface area contributed by atoms with Gasteiger partial charge in [-0.2, -0.15) is 0 Å². The van der Waals surface area contributed by atoms with Gasteiger partial charge in [-0.15, -0.1) is 5.10 Å². The van der Waals surface area contributed by atoms with Gasteiger partial charge >= 0.3 is 0 Å². The molecule has 0 unspecified atom stereocenters. The van der Waals surface area contributed by atoms with Crippen molar-refractivity contribution in [2.75, 3.05) is 31.1 Å². The van der Waals surface area contributed by atoms with Crippen molar-refractivity contribution < 1.29 is 0 Å². The Morgan fingerprint density at radius 3 is 2.78 bits per heavy atom. The molecular weight excluding hydrogens is 226 g/mol. The van der Waals surface area contributed by atoms with E-state index in [-0.39, 0.29) is 0 Å². The van der Waals surface area contributed by atoms with Crippen molar-refractivity contribution in [3.05, 3.63) is 24.0 Å². The van der Waals surface area contributed by atoms with Crippen molar-refractivity contribution >= 4 is 11.5 Å². The zero-order valence-corrected chi connectivity index (χ0v) is 10.3. The molecule has 4 rings (SSSR count). The smallest absolute Gasteiger partial charge is 0.153 e. The van der Waals surface area contributed by atoms with E-state index >= 15 is 0 Å². The van der Waals surface area contributed by atoms with Crippen LogP contribution in [0, 0.1) is 0 Å². The zero-order chi connectivity index (χ0) is 11.9. The third kappa shape index (κ3) is 1.75. The molecule has 2 aromatic rings. The Labute approximate surface area is 106 Å². The molecule has 1 aliphatic carbocycles. The van der Waals surface area contributed by atoms with E-state index < -0.39 is 0 Å². The summed E-state index contributed by atoms with van der Waals surface area (Å²) < 4.78 is 1.94. The summed E-state index contributed by atoms with van der Waals surface area (Å²) in [6.07, 6.45) is 4.67. The van der Waals surface area contributed by atoms with Crippen LogP contribution in [-0.2, 0) is 0 Å². The van der Waals surface area contributed by atoms with E-state index in [1.54, 1.807) is 0 Å². The van der Waals surface area contributed by atoms with Crippen molar-refractivity contribution in [3.63, 3.8) is 0 Å². The molecule has 2 fully saturated rings. The topological polar surface area (TPSA) is 45.5 Å². The van der Waals surface area contributed by atoms with Crippen LogP contribution in [0.1, 0.15) is 24.5 Å². The highest BCUT2D eigenvalue weighted by Crippen LogP contribution is 2.39. The van der Waals surface area contributed by atoms with Crippen LogP contribution in [0.3, 0.4) is 0 Å². The van der Waals surface area contributed by atoms with E-state index in [1.165, 1.54) is 18.5 Å². The Balaban J connectivity index is 1.69. The van der Waals surface area contributed by atoms with Crippen LogP contribution in [0.2, 0.25) is 0 Å². The number of piperazine rings is 1. The minimum atomic E-state index is 0.689. The van der Waals surface area contributed by atoms with Gasteiger partial charge in [0.1, 0.15) is 5.82 Å². The van der Waals surface area contributed by atoms with Crippen LogP contribution < -0.4 is 10.2 Å². The predicted molar refractivity (Wildman–Crippen MR) is 70.0 cm³/mol. The Bertz CT molecular complexity index is 566. The number of nitrogens with zero attached hydrogens (tertiary/aromatic N) is 4. The molecule has 0 amide bonds. The summed E-state index contributed by atoms with van der Waals surface area (Å²) in [5.41, 5.74) is 2.18. The van der Waals surface area contributed by atoms with E-state index in [0.717, 1.165) is 37.6 Å². The maximum absolute atomic E-state index is 4.68. The summed E-state index contributed by atoms with van der Waals surface area (Å²) in [6.45, 7) is 4.14. The van der Waals surface area contributed by atoms with Gasteiger partial charge in [-0.3, -0.25) is 0 Å². The second kappa shape index (κ2) is 3.95. The van der Waals surface area contributed by atoms with Gasteiger partial charge in [-0.1, -0.05) is 0 Å². The summed E-state index contributed by atoms with van der Waals surface area (Å²) >= 11 is 0. The second-order valence-electron chi connectivity index (χ2n) is 5.17. The Kier molecular flexibility index (Phi) is 2.26. The summed E-state index contributed by atoms with van der Waals surface area (Å²) in [7, 11) is 0. The fourth-order valence-electron chi connectivity index (χ4n) is 2.53. The minimum Gasteiger partial charge on any atom is -0.353 e. The van der Waals surface area contributed by atoms with Crippen molar-refractivity contribution in [2.45, 2.75) is 18.8 Å². The maximum Gasteiger partial charge on any atom is 0.153 e. The first-order valence-electron chi connectivity index (χ1n) is 6.72. The van der Waals surface area contributed by atoms with Crippen LogP contribution in [0.15, 0.2) is 18.3 Å². The molecule has 0 spiro atoms. The standard InChI is InChI=1S/C13H17N5/c1-2-10(1)11-9-18-12(15-11)3-4-13(16-18)17-7-5-14-6-8-17/h3-4,9-10,14H,1-2,5-8H2. The summed E-state index contributed by atoms with van der Waals surface area (Å²) in [5.74, 6) is 1.75. The molecule has 1 aliphatic heterocycles. The van der Waals surface area contributed by atoms with E-state index in [1.807, 2.05) is 4.52 Å². The van der Waals surface area contributed by atoms with Gasteiger partial charge in [-0.05, 0) is 25.0 Å². The highest BCUT2D eigenvalue weighted by molar-refractivity contribution is 5.47. The molecule has 0 radical (unpaired) electrons. The molecule has 0 aromatic carbocycles. The summed E-state index contributed by atoms with van der Waals surface area (Å²) in [4.78, 5) is 6.96. The molecule has 5 nitrogen and oxygen atoms in total. The quantitative estimate of drug-likeness (QED) is 0.855. The first-order chi connectivity index (χ1) is 8.90. The average Bonchev–Trinajstić information content (AvgIpc) is 3.19. The van der Waals surface area contributed by atoms with Crippen molar-refractivity contribution in [2.24, 2.45) is 0 Å². The lowest BCUT2D eigenvalue weighted by Gasteiger charge is -2.28. The number of hydrogen-bond acceptors (Lipinski definition) is 4. The number of hydrogen-bond donors (Lipinski definition) is 1. The van der Waals surface area contributed by atoms with Gasteiger partial charge in [0, 0.05) is 32.1 Å². The fraction of sp³-hybridized carbons (Fsp3) is 0.538. The van der Waals surface area contributed by atoms with Gasteiger partial charge in [0.15, 0.2) is 5.65 Å². The zero-order valence-electron chi connectivity index (χ0n) is 10.3. The minimum absolute atomic E-state index is 0.689. The lowest BCUT2D eigenvalue weighted by molar-refractivity contribution is 0.581. The third-order valence-corrected chi connectivity index (χ3v) is 3.76. The Morgan fingerprint density at radius 2 is 2.00 bits per heavy atom. The SMILES string of the molecule is c1cc2nc(C3CC3)cn2nc1N1CCNCC1. The molecule has 2 aliphatic rings. The number of fused-ring (bicyclic) bond motifs is 1. The van der Waals surface area contributed by atoms with Crippen LogP contribution in [0.4, 0.5) is 5.82 Å². The number of anilines is 1. The average molecular weight is 243 g/mol. The molecule has 1 N–H and O–H groups in total. The number of rotatable bonds is 2. The molecule has 1 saturated heterocycles. The van der Waals surface area contributed by atoms with Crippen LogP contribution in [0.25, 0.3) is 5.65 Å². The van der Waals surface area contributed by atoms with E-state index in [2.05, 4.69) is 38.6 Å².